The maximum absolute atomic E-state index is 9.82. The molecule has 3 rings (SSSR count). The van der Waals surface area contributed by atoms with Crippen LogP contribution in [-0.4, -0.2) is 20.2 Å². The van der Waals surface area contributed by atoms with Crippen molar-refractivity contribution in [2.24, 2.45) is 0 Å². The van der Waals surface area contributed by atoms with Gasteiger partial charge in [-0.25, -0.2) is 0 Å². The highest BCUT2D eigenvalue weighted by Crippen LogP contribution is 2.31. The number of phenols is 1. The number of nitrogens with zero attached hydrogens (tertiary/aromatic N) is 3. The van der Waals surface area contributed by atoms with E-state index in [1.54, 1.807) is 18.3 Å². The molecule has 20 heavy (non-hydrogen) atoms. The molecule has 0 aliphatic rings. The molecule has 5 nitrogen and oxygen atoms in total. The lowest BCUT2D eigenvalue weighted by Crippen LogP contribution is -1.89. The van der Waals surface area contributed by atoms with Crippen LogP contribution in [-0.2, 0) is 0 Å². The van der Waals surface area contributed by atoms with Crippen LogP contribution in [0.4, 0.5) is 0 Å². The molecule has 0 radical (unpaired) electrons. The molecule has 0 fully saturated rings. The van der Waals surface area contributed by atoms with Gasteiger partial charge in [-0.3, -0.25) is 4.98 Å². The summed E-state index contributed by atoms with van der Waals surface area (Å²) >= 11 is 5.90. The zero-order valence-corrected chi connectivity index (χ0v) is 11.3. The highest BCUT2D eigenvalue weighted by atomic mass is 35.5. The number of halogens is 1. The zero-order valence-electron chi connectivity index (χ0n) is 10.5. The molecule has 0 spiro atoms. The van der Waals surface area contributed by atoms with E-state index in [1.165, 1.54) is 6.07 Å². The number of benzene rings is 1. The molecule has 0 amide bonds. The second-order valence-corrected chi connectivity index (χ2v) is 4.69. The SMILES string of the molecule is Cc1cccnc1-c1noc(-c2cc(Cl)ccc2O)n1. The minimum absolute atomic E-state index is 0.0299. The van der Waals surface area contributed by atoms with Gasteiger partial charge in [0, 0.05) is 11.2 Å². The lowest BCUT2D eigenvalue weighted by Gasteiger charge is -1.99. The van der Waals surface area contributed by atoms with Crippen LogP contribution in [0.15, 0.2) is 41.1 Å². The van der Waals surface area contributed by atoms with Crippen LogP contribution in [0.3, 0.4) is 0 Å². The maximum atomic E-state index is 9.82. The molecular weight excluding hydrogens is 278 g/mol. The lowest BCUT2D eigenvalue weighted by molar-refractivity contribution is 0.425. The molecule has 0 unspecified atom stereocenters. The Bertz CT molecular complexity index is 771. The molecule has 6 heteroatoms. The van der Waals surface area contributed by atoms with Gasteiger partial charge >= 0.3 is 0 Å². The lowest BCUT2D eigenvalue weighted by atomic mass is 10.2. The van der Waals surface area contributed by atoms with Crippen LogP contribution in [0, 0.1) is 6.92 Å². The highest BCUT2D eigenvalue weighted by molar-refractivity contribution is 6.30. The van der Waals surface area contributed by atoms with Gasteiger partial charge in [-0.15, -0.1) is 0 Å². The fourth-order valence-electron chi connectivity index (χ4n) is 1.83. The number of hydrogen-bond donors (Lipinski definition) is 1. The average Bonchev–Trinajstić information content (AvgIpc) is 2.91. The quantitative estimate of drug-likeness (QED) is 0.781. The van der Waals surface area contributed by atoms with E-state index in [0.717, 1.165) is 5.56 Å². The van der Waals surface area contributed by atoms with Crippen LogP contribution >= 0.6 is 11.6 Å². The van der Waals surface area contributed by atoms with Crippen molar-refractivity contribution in [2.45, 2.75) is 6.92 Å². The van der Waals surface area contributed by atoms with E-state index in [9.17, 15) is 5.11 Å². The molecule has 0 aliphatic heterocycles. The minimum Gasteiger partial charge on any atom is -0.507 e. The van der Waals surface area contributed by atoms with E-state index in [0.29, 0.717) is 22.1 Å². The van der Waals surface area contributed by atoms with Crippen LogP contribution in [0.5, 0.6) is 5.75 Å². The van der Waals surface area contributed by atoms with Gasteiger partial charge in [0.25, 0.3) is 5.89 Å². The molecule has 0 bridgehead atoms. The van der Waals surface area contributed by atoms with Crippen molar-refractivity contribution < 1.29 is 9.63 Å². The summed E-state index contributed by atoms with van der Waals surface area (Å²) in [7, 11) is 0. The third-order valence-electron chi connectivity index (χ3n) is 2.84. The molecule has 2 heterocycles. The summed E-state index contributed by atoms with van der Waals surface area (Å²) in [6.45, 7) is 1.91. The first-order valence-electron chi connectivity index (χ1n) is 5.90. The number of phenolic OH excluding ortho intramolecular Hbond substituents is 1. The molecule has 2 aromatic heterocycles. The Labute approximate surface area is 119 Å². The monoisotopic (exact) mass is 287 g/mol. The zero-order chi connectivity index (χ0) is 14.1. The van der Waals surface area contributed by atoms with Crippen molar-refractivity contribution in [2.75, 3.05) is 0 Å². The average molecular weight is 288 g/mol. The van der Waals surface area contributed by atoms with Crippen LogP contribution < -0.4 is 0 Å². The molecule has 1 aromatic carbocycles. The molecule has 1 N–H and O–H groups in total. The molecule has 0 atom stereocenters. The molecule has 0 saturated heterocycles. The molecule has 0 aliphatic carbocycles. The standard InChI is InChI=1S/C14H10ClN3O2/c1-8-3-2-6-16-12(8)13-17-14(20-18-13)10-7-9(15)4-5-11(10)19/h2-7,19H,1H3. The van der Waals surface area contributed by atoms with Crippen LogP contribution in [0.1, 0.15) is 5.56 Å². The van der Waals surface area contributed by atoms with Gasteiger partial charge in [-0.1, -0.05) is 22.8 Å². The van der Waals surface area contributed by atoms with Gasteiger partial charge in [0.05, 0.1) is 5.56 Å². The van der Waals surface area contributed by atoms with Gasteiger partial charge in [-0.05, 0) is 36.8 Å². The highest BCUT2D eigenvalue weighted by Gasteiger charge is 2.16. The summed E-state index contributed by atoms with van der Waals surface area (Å²) in [6.07, 6.45) is 1.66. The number of hydrogen-bond acceptors (Lipinski definition) is 5. The topological polar surface area (TPSA) is 72.0 Å². The predicted molar refractivity (Wildman–Crippen MR) is 74.4 cm³/mol. The van der Waals surface area contributed by atoms with Gasteiger partial charge in [-0.2, -0.15) is 4.98 Å². The molecular formula is C14H10ClN3O2. The number of aromatic hydroxyl groups is 1. The fraction of sp³-hybridized carbons (Fsp3) is 0.0714. The van der Waals surface area contributed by atoms with Crippen molar-refractivity contribution in [3.05, 3.63) is 47.1 Å². The Hall–Kier alpha value is -2.40. The molecule has 0 saturated carbocycles. The van der Waals surface area contributed by atoms with Gasteiger partial charge in [0.15, 0.2) is 0 Å². The van der Waals surface area contributed by atoms with Crippen molar-refractivity contribution in [3.63, 3.8) is 0 Å². The van der Waals surface area contributed by atoms with Crippen LogP contribution in [0.25, 0.3) is 23.0 Å². The minimum atomic E-state index is 0.0299. The van der Waals surface area contributed by atoms with E-state index < -0.39 is 0 Å². The largest absolute Gasteiger partial charge is 0.507 e. The first-order chi connectivity index (χ1) is 9.65. The van der Waals surface area contributed by atoms with Gasteiger partial charge < -0.3 is 9.63 Å². The second kappa shape index (κ2) is 4.94. The Morgan fingerprint density at radius 1 is 1.25 bits per heavy atom. The van der Waals surface area contributed by atoms with Crippen LogP contribution in [0.2, 0.25) is 5.02 Å². The van der Waals surface area contributed by atoms with E-state index in [-0.39, 0.29) is 11.6 Å². The van der Waals surface area contributed by atoms with E-state index in [1.807, 2.05) is 19.1 Å². The Morgan fingerprint density at radius 3 is 2.90 bits per heavy atom. The third kappa shape index (κ3) is 2.23. The molecule has 100 valence electrons. The normalized spacial score (nSPS) is 10.7. The summed E-state index contributed by atoms with van der Waals surface area (Å²) in [5.41, 5.74) is 1.98. The number of aryl methyl sites for hydroxylation is 1. The summed E-state index contributed by atoms with van der Waals surface area (Å²) in [5, 5.41) is 14.2. The van der Waals surface area contributed by atoms with Crippen molar-refractivity contribution in [3.8, 4) is 28.7 Å². The van der Waals surface area contributed by atoms with Gasteiger partial charge in [0.2, 0.25) is 5.82 Å². The Kier molecular flexibility index (Phi) is 3.12. The Morgan fingerprint density at radius 2 is 2.10 bits per heavy atom. The number of aromatic nitrogens is 3. The summed E-state index contributed by atoms with van der Waals surface area (Å²) in [5.74, 6) is 0.602. The smallest absolute Gasteiger partial charge is 0.262 e. The Balaban J connectivity index is 2.07. The maximum Gasteiger partial charge on any atom is 0.262 e. The number of pyridine rings is 1. The first kappa shape index (κ1) is 12.6. The number of rotatable bonds is 2. The van der Waals surface area contributed by atoms with Crippen molar-refractivity contribution in [1.82, 2.24) is 15.1 Å². The molecule has 3 aromatic rings. The summed E-state index contributed by atoms with van der Waals surface area (Å²) in [4.78, 5) is 8.48. The first-order valence-corrected chi connectivity index (χ1v) is 6.27. The fourth-order valence-corrected chi connectivity index (χ4v) is 2.00. The van der Waals surface area contributed by atoms with Crippen molar-refractivity contribution in [1.29, 1.82) is 0 Å². The van der Waals surface area contributed by atoms with E-state index >= 15 is 0 Å². The third-order valence-corrected chi connectivity index (χ3v) is 3.07. The van der Waals surface area contributed by atoms with Crippen molar-refractivity contribution >= 4 is 11.6 Å². The summed E-state index contributed by atoms with van der Waals surface area (Å²) < 4.78 is 5.18. The second-order valence-electron chi connectivity index (χ2n) is 4.25. The van der Waals surface area contributed by atoms with Gasteiger partial charge in [0.1, 0.15) is 11.4 Å². The summed E-state index contributed by atoms with van der Waals surface area (Å²) in [6, 6.07) is 8.38. The van der Waals surface area contributed by atoms with E-state index in [4.69, 9.17) is 16.1 Å². The van der Waals surface area contributed by atoms with E-state index in [2.05, 4.69) is 15.1 Å². The predicted octanol–water partition coefficient (Wildman–Crippen LogP) is 3.47.